The number of aromatic nitrogens is 1. The van der Waals surface area contributed by atoms with Crippen molar-refractivity contribution in [2.75, 3.05) is 20.2 Å². The highest BCUT2D eigenvalue weighted by atomic mass is 16.5. The van der Waals surface area contributed by atoms with E-state index in [0.717, 1.165) is 36.8 Å². The first kappa shape index (κ1) is 18.4. The van der Waals surface area contributed by atoms with Crippen molar-refractivity contribution < 1.29 is 9.53 Å². The molecule has 5 rings (SSSR count). The van der Waals surface area contributed by atoms with Crippen molar-refractivity contribution in [3.05, 3.63) is 71.4 Å². The highest BCUT2D eigenvalue weighted by Gasteiger charge is 2.53. The summed E-state index contributed by atoms with van der Waals surface area (Å²) in [6, 6.07) is 18.4. The number of hydrogen-bond acceptors (Lipinski definition) is 3. The summed E-state index contributed by atoms with van der Waals surface area (Å²) in [5.74, 6) is -0.0588. The van der Waals surface area contributed by atoms with Crippen molar-refractivity contribution in [1.29, 1.82) is 0 Å². The molecule has 2 atom stereocenters. The van der Waals surface area contributed by atoms with E-state index in [4.69, 9.17) is 4.74 Å². The standard InChI is InChI=1S/C24H27N3O2/c1-27-19-10-6-3-7-16(19)15-20(27)23(28)26-21-17-8-4-5-9-18(17)24(22(21)29-2)11-13-25-14-12-24/h3-10,15,21-22,25H,11-14H2,1-2H3,(H,26,28)/t21-,22+/m0/s1. The Labute approximate surface area is 171 Å². The number of hydrogen-bond donors (Lipinski definition) is 2. The monoisotopic (exact) mass is 389 g/mol. The van der Waals surface area contributed by atoms with Crippen LogP contribution in [0.5, 0.6) is 0 Å². The third-order valence-corrected chi connectivity index (χ3v) is 6.90. The molecule has 1 aromatic heterocycles. The van der Waals surface area contributed by atoms with Crippen LogP contribution in [0.25, 0.3) is 10.9 Å². The van der Waals surface area contributed by atoms with Gasteiger partial charge in [0.05, 0.1) is 12.1 Å². The minimum atomic E-state index is -0.153. The second-order valence-corrected chi connectivity index (χ2v) is 8.25. The van der Waals surface area contributed by atoms with Gasteiger partial charge in [0, 0.05) is 30.5 Å². The number of para-hydroxylation sites is 1. The molecule has 1 aliphatic heterocycles. The molecule has 1 saturated heterocycles. The number of nitrogens with zero attached hydrogens (tertiary/aromatic N) is 1. The molecule has 0 radical (unpaired) electrons. The van der Waals surface area contributed by atoms with Crippen LogP contribution >= 0.6 is 0 Å². The number of piperidine rings is 1. The molecule has 2 aromatic carbocycles. The molecule has 2 heterocycles. The van der Waals surface area contributed by atoms with Crippen LogP contribution in [0.2, 0.25) is 0 Å². The van der Waals surface area contributed by atoms with Crippen LogP contribution in [-0.2, 0) is 17.2 Å². The van der Waals surface area contributed by atoms with Gasteiger partial charge in [0.25, 0.3) is 5.91 Å². The van der Waals surface area contributed by atoms with E-state index in [0.29, 0.717) is 5.69 Å². The first-order chi connectivity index (χ1) is 14.2. The maximum absolute atomic E-state index is 13.3. The molecule has 0 saturated carbocycles. The summed E-state index contributed by atoms with van der Waals surface area (Å²) in [4.78, 5) is 13.3. The van der Waals surface area contributed by atoms with Gasteiger partial charge in [0.15, 0.2) is 0 Å². The predicted molar refractivity (Wildman–Crippen MR) is 114 cm³/mol. The molecule has 3 aromatic rings. The Morgan fingerprint density at radius 2 is 1.86 bits per heavy atom. The van der Waals surface area contributed by atoms with Crippen LogP contribution in [0.15, 0.2) is 54.6 Å². The summed E-state index contributed by atoms with van der Waals surface area (Å²) >= 11 is 0. The Morgan fingerprint density at radius 3 is 2.62 bits per heavy atom. The fourth-order valence-electron chi connectivity index (χ4n) is 5.52. The number of fused-ring (bicyclic) bond motifs is 3. The molecule has 1 amide bonds. The first-order valence-corrected chi connectivity index (χ1v) is 10.3. The number of rotatable bonds is 3. The van der Waals surface area contributed by atoms with Gasteiger partial charge in [-0.25, -0.2) is 0 Å². The number of nitrogens with one attached hydrogen (secondary N) is 2. The molecule has 2 aliphatic rings. The van der Waals surface area contributed by atoms with Gasteiger partial charge < -0.3 is 19.9 Å². The molecule has 2 N–H and O–H groups in total. The zero-order chi connectivity index (χ0) is 20.0. The molecule has 5 heteroatoms. The van der Waals surface area contributed by atoms with Crippen molar-refractivity contribution in [1.82, 2.24) is 15.2 Å². The maximum Gasteiger partial charge on any atom is 0.268 e. The lowest BCUT2D eigenvalue weighted by Gasteiger charge is -2.40. The SMILES string of the molecule is CO[C@@H]1[C@@H](NC(=O)c2cc3ccccc3n2C)c2ccccc2C12CCNCC2. The van der Waals surface area contributed by atoms with Gasteiger partial charge in [0.2, 0.25) is 0 Å². The van der Waals surface area contributed by atoms with Crippen molar-refractivity contribution in [2.45, 2.75) is 30.4 Å². The Kier molecular flexibility index (Phi) is 4.45. The number of carbonyl (C=O) groups excluding carboxylic acids is 1. The van der Waals surface area contributed by atoms with Gasteiger partial charge >= 0.3 is 0 Å². The van der Waals surface area contributed by atoms with Gasteiger partial charge in [-0.3, -0.25) is 4.79 Å². The van der Waals surface area contributed by atoms with E-state index in [1.165, 1.54) is 11.1 Å². The Morgan fingerprint density at radius 1 is 1.14 bits per heavy atom. The van der Waals surface area contributed by atoms with Crippen molar-refractivity contribution in [3.63, 3.8) is 0 Å². The summed E-state index contributed by atoms with van der Waals surface area (Å²) in [7, 11) is 3.72. The average molecular weight is 389 g/mol. The number of amides is 1. The van der Waals surface area contributed by atoms with E-state index in [9.17, 15) is 4.79 Å². The lowest BCUT2D eigenvalue weighted by Crippen LogP contribution is -2.49. The third kappa shape index (κ3) is 2.72. The molecule has 5 nitrogen and oxygen atoms in total. The second-order valence-electron chi connectivity index (χ2n) is 8.25. The zero-order valence-corrected chi connectivity index (χ0v) is 16.9. The topological polar surface area (TPSA) is 55.3 Å². The summed E-state index contributed by atoms with van der Waals surface area (Å²) in [5.41, 5.74) is 4.20. The minimum absolute atomic E-state index is 0.0482. The van der Waals surface area contributed by atoms with Crippen molar-refractivity contribution in [2.24, 2.45) is 7.05 Å². The molecular formula is C24H27N3O2. The van der Waals surface area contributed by atoms with Crippen LogP contribution in [0, 0.1) is 0 Å². The first-order valence-electron chi connectivity index (χ1n) is 10.3. The van der Waals surface area contributed by atoms with Crippen molar-refractivity contribution >= 4 is 16.8 Å². The fraction of sp³-hybridized carbons (Fsp3) is 0.375. The van der Waals surface area contributed by atoms with E-state index < -0.39 is 0 Å². The highest BCUT2D eigenvalue weighted by molar-refractivity contribution is 5.99. The lowest BCUT2D eigenvalue weighted by atomic mass is 9.72. The van der Waals surface area contributed by atoms with Gasteiger partial charge in [-0.2, -0.15) is 0 Å². The van der Waals surface area contributed by atoms with Gasteiger partial charge in [-0.15, -0.1) is 0 Å². The predicted octanol–water partition coefficient (Wildman–Crippen LogP) is 3.30. The second kappa shape index (κ2) is 7.01. The normalized spacial score (nSPS) is 22.7. The molecule has 1 aliphatic carbocycles. The summed E-state index contributed by atoms with van der Waals surface area (Å²) in [6.07, 6.45) is 1.96. The smallest absolute Gasteiger partial charge is 0.268 e. The van der Waals surface area contributed by atoms with E-state index in [1.807, 2.05) is 41.9 Å². The minimum Gasteiger partial charge on any atom is -0.378 e. The number of ether oxygens (including phenoxy) is 1. The third-order valence-electron chi connectivity index (χ3n) is 6.90. The molecule has 1 spiro atoms. The summed E-state index contributed by atoms with van der Waals surface area (Å²) in [5, 5.41) is 7.86. The lowest BCUT2D eigenvalue weighted by molar-refractivity contribution is 0.00389. The molecule has 1 fully saturated rings. The van der Waals surface area contributed by atoms with Gasteiger partial charge in [0.1, 0.15) is 5.69 Å². The Hall–Kier alpha value is -2.63. The van der Waals surface area contributed by atoms with Gasteiger partial charge in [-0.1, -0.05) is 42.5 Å². The fourth-order valence-corrected chi connectivity index (χ4v) is 5.52. The van der Waals surface area contributed by atoms with Crippen molar-refractivity contribution in [3.8, 4) is 0 Å². The molecular weight excluding hydrogens is 362 g/mol. The summed E-state index contributed by atoms with van der Waals surface area (Å²) in [6.45, 7) is 1.94. The Bertz CT molecular complexity index is 1060. The number of carbonyl (C=O) groups is 1. The van der Waals surface area contributed by atoms with Gasteiger partial charge in [-0.05, 0) is 49.2 Å². The van der Waals surface area contributed by atoms with E-state index in [2.05, 4.69) is 34.9 Å². The molecule has 0 bridgehead atoms. The quantitative estimate of drug-likeness (QED) is 0.723. The summed E-state index contributed by atoms with van der Waals surface area (Å²) < 4.78 is 8.04. The average Bonchev–Trinajstić information content (AvgIpc) is 3.22. The van der Waals surface area contributed by atoms with Crippen LogP contribution < -0.4 is 10.6 Å². The number of benzene rings is 2. The van der Waals surface area contributed by atoms with Crippen LogP contribution in [-0.4, -0.2) is 36.8 Å². The maximum atomic E-state index is 13.3. The van der Waals surface area contributed by atoms with E-state index in [-0.39, 0.29) is 23.5 Å². The van der Waals surface area contributed by atoms with Crippen LogP contribution in [0.1, 0.15) is 40.5 Å². The number of aryl methyl sites for hydroxylation is 1. The van der Waals surface area contributed by atoms with E-state index >= 15 is 0 Å². The van der Waals surface area contributed by atoms with E-state index in [1.54, 1.807) is 7.11 Å². The molecule has 150 valence electrons. The van der Waals surface area contributed by atoms with Crippen LogP contribution in [0.3, 0.4) is 0 Å². The zero-order valence-electron chi connectivity index (χ0n) is 16.9. The largest absolute Gasteiger partial charge is 0.378 e. The Balaban J connectivity index is 1.53. The highest BCUT2D eigenvalue weighted by Crippen LogP contribution is 2.51. The molecule has 29 heavy (non-hydrogen) atoms. The van der Waals surface area contributed by atoms with Crippen LogP contribution in [0.4, 0.5) is 0 Å². The molecule has 0 unspecified atom stereocenters. The number of methoxy groups -OCH3 is 1.